The number of nitrogens with zero attached hydrogens (tertiary/aromatic N) is 5. The molecule has 2 aromatic rings. The summed E-state index contributed by atoms with van der Waals surface area (Å²) in [6.07, 6.45) is 1.16. The molecule has 12 nitrogen and oxygen atoms in total. The first-order valence-electron chi connectivity index (χ1n) is 10.5. The molecule has 0 radical (unpaired) electrons. The third kappa shape index (κ3) is 5.22. The first-order chi connectivity index (χ1) is 16.4. The number of nitroso groups, excluding NO2 is 1. The summed E-state index contributed by atoms with van der Waals surface area (Å²) in [5.41, 5.74) is 0.303. The molecule has 1 aliphatic rings. The maximum atomic E-state index is 13.7. The number of aromatic nitrogens is 2. The fourth-order valence-electron chi connectivity index (χ4n) is 3.57. The smallest absolute Gasteiger partial charge is 0.417 e. The number of carbonyl (C=O) groups excluding carboxylic acids is 3. The number of esters is 1. The van der Waals surface area contributed by atoms with Crippen LogP contribution in [0, 0.1) is 4.91 Å². The van der Waals surface area contributed by atoms with E-state index in [1.54, 1.807) is 24.3 Å². The van der Waals surface area contributed by atoms with Gasteiger partial charge in [-0.2, -0.15) is 5.10 Å². The Morgan fingerprint density at radius 2 is 1.88 bits per heavy atom. The van der Waals surface area contributed by atoms with Gasteiger partial charge in [-0.3, -0.25) is 9.80 Å². The zero-order valence-corrected chi connectivity index (χ0v) is 18.9. The van der Waals surface area contributed by atoms with E-state index in [1.807, 2.05) is 0 Å². The average molecular weight is 471 g/mol. The van der Waals surface area contributed by atoms with Crippen LogP contribution in [0.2, 0.25) is 0 Å². The second-order valence-corrected chi connectivity index (χ2v) is 7.32. The third-order valence-electron chi connectivity index (χ3n) is 5.30. The Morgan fingerprint density at radius 1 is 1.21 bits per heavy atom. The molecule has 3 rings (SSSR count). The summed E-state index contributed by atoms with van der Waals surface area (Å²) in [4.78, 5) is 50.6. The van der Waals surface area contributed by atoms with Crippen LogP contribution in [0.15, 0.2) is 48.3 Å². The first kappa shape index (κ1) is 24.4. The summed E-state index contributed by atoms with van der Waals surface area (Å²) in [6.45, 7) is 3.97. The van der Waals surface area contributed by atoms with Crippen molar-refractivity contribution in [1.29, 1.82) is 0 Å². The maximum absolute atomic E-state index is 13.7. The summed E-state index contributed by atoms with van der Waals surface area (Å²) in [5.74, 6) is -0.875. The number of hydrogen-bond acceptors (Lipinski definition) is 9. The molecule has 0 aliphatic carbocycles. The van der Waals surface area contributed by atoms with Crippen molar-refractivity contribution >= 4 is 18.0 Å². The number of methoxy groups -OCH3 is 2. The number of benzene rings is 1. The third-order valence-corrected chi connectivity index (χ3v) is 5.30. The van der Waals surface area contributed by atoms with Crippen LogP contribution in [0.4, 0.5) is 4.79 Å². The molecule has 0 saturated carbocycles. The highest BCUT2D eigenvalue weighted by Gasteiger charge is 2.36. The van der Waals surface area contributed by atoms with Crippen LogP contribution in [-0.2, 0) is 9.47 Å². The highest BCUT2D eigenvalue weighted by atomic mass is 16.6. The standard InChI is InChI=1S/C22H25N5O7/c1-4-13-34-22(30)26(15-9-11-25(24-31)12-10-15)20(28)19-14-18(21(29)33-3)23-27(19)16-5-7-17(32-2)8-6-16/h4-8,14-15H,1,9-13H2,2-3H3. The number of ether oxygens (including phenoxy) is 3. The Labute approximate surface area is 195 Å². The van der Waals surface area contributed by atoms with Crippen molar-refractivity contribution in [2.24, 2.45) is 5.29 Å². The second-order valence-electron chi connectivity index (χ2n) is 7.32. The number of imide groups is 1. The van der Waals surface area contributed by atoms with Crippen LogP contribution in [0.1, 0.15) is 33.8 Å². The van der Waals surface area contributed by atoms with E-state index in [0.717, 1.165) is 4.90 Å². The van der Waals surface area contributed by atoms with Gasteiger partial charge in [0.25, 0.3) is 5.91 Å². The van der Waals surface area contributed by atoms with E-state index in [2.05, 4.69) is 17.0 Å². The number of amides is 2. The van der Waals surface area contributed by atoms with E-state index in [1.165, 1.54) is 36.1 Å². The molecule has 180 valence electrons. The second kappa shape index (κ2) is 11.1. The van der Waals surface area contributed by atoms with E-state index in [9.17, 15) is 19.3 Å². The zero-order chi connectivity index (χ0) is 24.7. The Bertz CT molecular complexity index is 1060. The molecule has 0 bridgehead atoms. The van der Waals surface area contributed by atoms with E-state index in [0.29, 0.717) is 24.3 Å². The molecule has 1 aromatic carbocycles. The predicted molar refractivity (Wildman–Crippen MR) is 120 cm³/mol. The van der Waals surface area contributed by atoms with Gasteiger partial charge in [0, 0.05) is 25.2 Å². The van der Waals surface area contributed by atoms with Gasteiger partial charge in [0.15, 0.2) is 5.69 Å². The minimum Gasteiger partial charge on any atom is -0.497 e. The minimum absolute atomic E-state index is 0.0444. The monoisotopic (exact) mass is 471 g/mol. The highest BCUT2D eigenvalue weighted by molar-refractivity contribution is 6.04. The topological polar surface area (TPSA) is 133 Å². The predicted octanol–water partition coefficient (Wildman–Crippen LogP) is 2.58. The normalized spacial score (nSPS) is 13.6. The van der Waals surface area contributed by atoms with E-state index < -0.39 is 24.0 Å². The molecule has 0 N–H and O–H groups in total. The van der Waals surface area contributed by atoms with Gasteiger partial charge in [-0.25, -0.2) is 19.2 Å². The van der Waals surface area contributed by atoms with Crippen LogP contribution in [0.5, 0.6) is 5.75 Å². The number of hydrogen-bond donors (Lipinski definition) is 0. The summed E-state index contributed by atoms with van der Waals surface area (Å²) < 4.78 is 16.3. The first-order valence-corrected chi connectivity index (χ1v) is 10.5. The molecule has 0 atom stereocenters. The van der Waals surface area contributed by atoms with Gasteiger partial charge in [0.1, 0.15) is 18.1 Å². The lowest BCUT2D eigenvalue weighted by Gasteiger charge is -2.34. The van der Waals surface area contributed by atoms with E-state index in [4.69, 9.17) is 14.2 Å². The molecular formula is C22H25N5O7. The molecule has 2 heterocycles. The van der Waals surface area contributed by atoms with Crippen molar-refractivity contribution in [3.05, 3.63) is 59.3 Å². The Balaban J connectivity index is 2.03. The lowest BCUT2D eigenvalue weighted by molar-refractivity contribution is 0.0488. The molecule has 0 spiro atoms. The molecule has 1 aromatic heterocycles. The zero-order valence-electron chi connectivity index (χ0n) is 18.9. The summed E-state index contributed by atoms with van der Waals surface area (Å²) in [6, 6.07) is 7.34. The van der Waals surface area contributed by atoms with Crippen LogP contribution >= 0.6 is 0 Å². The summed E-state index contributed by atoms with van der Waals surface area (Å²) >= 11 is 0. The lowest BCUT2D eigenvalue weighted by Crippen LogP contribution is -2.49. The van der Waals surface area contributed by atoms with Crippen molar-refractivity contribution in [1.82, 2.24) is 19.7 Å². The molecule has 0 unspecified atom stereocenters. The van der Waals surface area contributed by atoms with E-state index >= 15 is 0 Å². The molecule has 34 heavy (non-hydrogen) atoms. The Kier molecular flexibility index (Phi) is 7.96. The van der Waals surface area contributed by atoms with Crippen molar-refractivity contribution in [2.45, 2.75) is 18.9 Å². The van der Waals surface area contributed by atoms with Crippen LogP contribution < -0.4 is 4.74 Å². The Morgan fingerprint density at radius 3 is 2.44 bits per heavy atom. The van der Waals surface area contributed by atoms with Crippen molar-refractivity contribution in [2.75, 3.05) is 33.9 Å². The highest BCUT2D eigenvalue weighted by Crippen LogP contribution is 2.23. The fourth-order valence-corrected chi connectivity index (χ4v) is 3.57. The van der Waals surface area contributed by atoms with Gasteiger partial charge in [-0.05, 0) is 37.1 Å². The maximum Gasteiger partial charge on any atom is 0.417 e. The van der Waals surface area contributed by atoms with Gasteiger partial charge in [0.05, 0.1) is 25.2 Å². The van der Waals surface area contributed by atoms with Gasteiger partial charge in [0.2, 0.25) is 0 Å². The number of carbonyl (C=O) groups is 3. The van der Waals surface area contributed by atoms with Gasteiger partial charge in [-0.15, -0.1) is 4.91 Å². The molecule has 1 saturated heterocycles. The molecule has 1 fully saturated rings. The Hall–Kier alpha value is -4.22. The van der Waals surface area contributed by atoms with E-state index in [-0.39, 0.29) is 31.1 Å². The quantitative estimate of drug-likeness (QED) is 0.324. The van der Waals surface area contributed by atoms with Gasteiger partial charge in [-0.1, -0.05) is 12.7 Å². The van der Waals surface area contributed by atoms with Crippen LogP contribution in [0.25, 0.3) is 5.69 Å². The van der Waals surface area contributed by atoms with Crippen molar-refractivity contribution < 1.29 is 28.6 Å². The van der Waals surface area contributed by atoms with Crippen molar-refractivity contribution in [3.63, 3.8) is 0 Å². The van der Waals surface area contributed by atoms with Gasteiger partial charge < -0.3 is 14.2 Å². The molecule has 12 heteroatoms. The van der Waals surface area contributed by atoms with Gasteiger partial charge >= 0.3 is 12.1 Å². The number of piperidine rings is 1. The van der Waals surface area contributed by atoms with Crippen molar-refractivity contribution in [3.8, 4) is 11.4 Å². The fraction of sp³-hybridized carbons (Fsp3) is 0.364. The molecular weight excluding hydrogens is 446 g/mol. The SMILES string of the molecule is C=CCOC(=O)N(C(=O)c1cc(C(=O)OC)nn1-c1ccc(OC)cc1)C1CCN(N=O)CC1. The summed E-state index contributed by atoms with van der Waals surface area (Å²) in [5, 5.41) is 8.46. The minimum atomic E-state index is -0.871. The number of rotatable bonds is 8. The molecule has 2 amide bonds. The average Bonchev–Trinajstić information content (AvgIpc) is 3.33. The largest absolute Gasteiger partial charge is 0.497 e. The van der Waals surface area contributed by atoms with Crippen LogP contribution in [-0.4, -0.2) is 77.6 Å². The molecule has 1 aliphatic heterocycles. The van der Waals surface area contributed by atoms with Crippen LogP contribution in [0.3, 0.4) is 0 Å². The summed E-state index contributed by atoms with van der Waals surface area (Å²) in [7, 11) is 2.72. The lowest BCUT2D eigenvalue weighted by atomic mass is 10.0.